The predicted octanol–water partition coefficient (Wildman–Crippen LogP) is 4.80. The fourth-order valence-electron chi connectivity index (χ4n) is 4.39. The second kappa shape index (κ2) is 10.7. The molecule has 0 unspecified atom stereocenters. The number of rotatable bonds is 6. The molecular formula is C26H31N5O2S. The maximum Gasteiger partial charge on any atom is 0.337 e. The summed E-state index contributed by atoms with van der Waals surface area (Å²) in [5.74, 6) is 0.549. The van der Waals surface area contributed by atoms with Crippen LogP contribution in [-0.4, -0.2) is 49.4 Å². The number of aromatic nitrogens is 1. The van der Waals surface area contributed by atoms with Crippen molar-refractivity contribution in [2.24, 2.45) is 0 Å². The van der Waals surface area contributed by atoms with E-state index in [9.17, 15) is 4.79 Å². The number of esters is 1. The number of benzene rings is 2. The first-order valence-electron chi connectivity index (χ1n) is 11.5. The molecule has 178 valence electrons. The second-order valence-corrected chi connectivity index (χ2v) is 9.21. The van der Waals surface area contributed by atoms with Crippen molar-refractivity contribution in [3.63, 3.8) is 0 Å². The number of fused-ring (bicyclic) bond motifs is 1. The molecule has 0 aliphatic heterocycles. The highest BCUT2D eigenvalue weighted by molar-refractivity contribution is 7.80. The van der Waals surface area contributed by atoms with Crippen molar-refractivity contribution in [1.82, 2.24) is 10.3 Å². The van der Waals surface area contributed by atoms with E-state index in [-0.39, 0.29) is 5.97 Å². The van der Waals surface area contributed by atoms with Gasteiger partial charge in [0.05, 0.1) is 18.2 Å². The van der Waals surface area contributed by atoms with Crippen molar-refractivity contribution in [3.8, 4) is 0 Å². The summed E-state index contributed by atoms with van der Waals surface area (Å²) in [5, 5.41) is 12.0. The first-order chi connectivity index (χ1) is 16.4. The number of hydrogen-bond donors (Lipinski definition) is 3. The lowest BCUT2D eigenvalue weighted by Crippen LogP contribution is -2.42. The van der Waals surface area contributed by atoms with E-state index in [4.69, 9.17) is 21.9 Å². The lowest BCUT2D eigenvalue weighted by atomic mass is 9.91. The molecule has 34 heavy (non-hydrogen) atoms. The number of hydrogen-bond acceptors (Lipinski definition) is 6. The molecule has 4 rings (SSSR count). The lowest BCUT2D eigenvalue weighted by Gasteiger charge is -2.31. The van der Waals surface area contributed by atoms with Gasteiger partial charge in [0.2, 0.25) is 0 Å². The average molecular weight is 478 g/mol. The van der Waals surface area contributed by atoms with Gasteiger partial charge in [-0.15, -0.1) is 0 Å². The molecule has 2 aromatic carbocycles. The summed E-state index contributed by atoms with van der Waals surface area (Å²) in [6.07, 6.45) is 4.08. The van der Waals surface area contributed by atoms with E-state index in [0.29, 0.717) is 22.8 Å². The zero-order valence-corrected chi connectivity index (χ0v) is 20.6. The molecule has 8 heteroatoms. The van der Waals surface area contributed by atoms with Gasteiger partial charge in [0.15, 0.2) is 5.11 Å². The van der Waals surface area contributed by atoms with E-state index >= 15 is 0 Å². The third-order valence-electron chi connectivity index (χ3n) is 6.13. The van der Waals surface area contributed by atoms with Crippen molar-refractivity contribution in [2.75, 3.05) is 36.7 Å². The van der Waals surface area contributed by atoms with E-state index in [1.807, 2.05) is 18.2 Å². The minimum Gasteiger partial charge on any atom is -0.465 e. The van der Waals surface area contributed by atoms with Crippen molar-refractivity contribution in [1.29, 1.82) is 0 Å². The Balaban J connectivity index is 1.31. The maximum absolute atomic E-state index is 11.7. The number of carbonyl (C=O) groups excluding carboxylic acids is 1. The first kappa shape index (κ1) is 23.8. The van der Waals surface area contributed by atoms with Crippen LogP contribution in [0.3, 0.4) is 0 Å². The van der Waals surface area contributed by atoms with Crippen LogP contribution in [0.4, 0.5) is 17.2 Å². The van der Waals surface area contributed by atoms with Crippen molar-refractivity contribution in [2.45, 2.75) is 37.8 Å². The fraction of sp³-hybridized carbons (Fsp3) is 0.346. The van der Waals surface area contributed by atoms with Crippen LogP contribution < -0.4 is 20.9 Å². The zero-order valence-electron chi connectivity index (χ0n) is 19.8. The van der Waals surface area contributed by atoms with Crippen molar-refractivity contribution >= 4 is 51.4 Å². The van der Waals surface area contributed by atoms with Gasteiger partial charge in [-0.2, -0.15) is 0 Å². The summed E-state index contributed by atoms with van der Waals surface area (Å²) in [4.78, 5) is 18.7. The summed E-state index contributed by atoms with van der Waals surface area (Å²) >= 11 is 5.50. The Kier molecular flexibility index (Phi) is 7.47. The van der Waals surface area contributed by atoms with Gasteiger partial charge in [-0.05, 0) is 62.2 Å². The number of methoxy groups -OCH3 is 1. The molecule has 0 radical (unpaired) electrons. The van der Waals surface area contributed by atoms with Gasteiger partial charge < -0.3 is 25.6 Å². The Bertz CT molecular complexity index is 1170. The van der Waals surface area contributed by atoms with Gasteiger partial charge in [-0.3, -0.25) is 0 Å². The summed E-state index contributed by atoms with van der Waals surface area (Å²) in [7, 11) is 5.49. The summed E-state index contributed by atoms with van der Waals surface area (Å²) in [6.45, 7) is 0. The highest BCUT2D eigenvalue weighted by atomic mass is 32.1. The SMILES string of the molecule is COC(=O)c1cccc(NC(=S)N[C@H]2CC[C@@H](Nc3cc(N(C)C)c4ccccc4n3)CC2)c1. The summed E-state index contributed by atoms with van der Waals surface area (Å²) in [5.41, 5.74) is 3.41. The van der Waals surface area contributed by atoms with Crippen LogP contribution in [0, 0.1) is 0 Å². The Labute approximate surface area is 205 Å². The third-order valence-corrected chi connectivity index (χ3v) is 6.35. The highest BCUT2D eigenvalue weighted by Gasteiger charge is 2.22. The van der Waals surface area contributed by atoms with Gasteiger partial charge in [-0.1, -0.05) is 24.3 Å². The van der Waals surface area contributed by atoms with Crippen LogP contribution in [0.2, 0.25) is 0 Å². The van der Waals surface area contributed by atoms with Gasteiger partial charge >= 0.3 is 5.97 Å². The molecule has 7 nitrogen and oxygen atoms in total. The van der Waals surface area contributed by atoms with Crippen LogP contribution >= 0.6 is 12.2 Å². The quantitative estimate of drug-likeness (QED) is 0.345. The Morgan fingerprint density at radius 3 is 2.50 bits per heavy atom. The van der Waals surface area contributed by atoms with Gasteiger partial charge in [-0.25, -0.2) is 9.78 Å². The number of thiocarbonyl (C=S) groups is 1. The number of pyridine rings is 1. The smallest absolute Gasteiger partial charge is 0.337 e. The van der Waals surface area contributed by atoms with Crippen molar-refractivity contribution in [3.05, 3.63) is 60.2 Å². The highest BCUT2D eigenvalue weighted by Crippen LogP contribution is 2.29. The summed E-state index contributed by atoms with van der Waals surface area (Å²) < 4.78 is 4.78. The maximum atomic E-state index is 11.7. The predicted molar refractivity (Wildman–Crippen MR) is 143 cm³/mol. The molecule has 1 aliphatic rings. The van der Waals surface area contributed by atoms with E-state index < -0.39 is 0 Å². The minimum absolute atomic E-state index is 0.309. The Hall–Kier alpha value is -3.39. The molecule has 0 atom stereocenters. The van der Waals surface area contributed by atoms with E-state index in [0.717, 1.165) is 53.8 Å². The number of anilines is 3. The number of nitrogens with zero attached hydrogens (tertiary/aromatic N) is 2. The van der Waals surface area contributed by atoms with Crippen LogP contribution in [0.15, 0.2) is 54.6 Å². The largest absolute Gasteiger partial charge is 0.465 e. The van der Waals surface area contributed by atoms with Gasteiger partial charge in [0.25, 0.3) is 0 Å². The minimum atomic E-state index is -0.369. The monoisotopic (exact) mass is 477 g/mol. The van der Waals surface area contributed by atoms with Gasteiger partial charge in [0.1, 0.15) is 5.82 Å². The number of ether oxygens (including phenoxy) is 1. The Morgan fingerprint density at radius 2 is 1.76 bits per heavy atom. The number of carbonyl (C=O) groups is 1. The molecule has 1 heterocycles. The Morgan fingerprint density at radius 1 is 1.03 bits per heavy atom. The molecule has 0 spiro atoms. The third kappa shape index (κ3) is 5.75. The molecule has 0 amide bonds. The van der Waals surface area contributed by atoms with Gasteiger partial charge in [0, 0.05) is 49.0 Å². The van der Waals surface area contributed by atoms with E-state index in [1.165, 1.54) is 7.11 Å². The molecule has 1 aliphatic carbocycles. The average Bonchev–Trinajstić information content (AvgIpc) is 2.84. The first-order valence-corrected chi connectivity index (χ1v) is 11.9. The molecule has 1 saturated carbocycles. The van der Waals surface area contributed by atoms with Crippen molar-refractivity contribution < 1.29 is 9.53 Å². The van der Waals surface area contributed by atoms with Crippen LogP contribution in [0.5, 0.6) is 0 Å². The topological polar surface area (TPSA) is 78.5 Å². The second-order valence-electron chi connectivity index (χ2n) is 8.80. The number of para-hydroxylation sites is 1. The molecule has 0 bridgehead atoms. The fourth-order valence-corrected chi connectivity index (χ4v) is 4.67. The van der Waals surface area contributed by atoms with Crippen LogP contribution in [0.1, 0.15) is 36.0 Å². The normalized spacial score (nSPS) is 17.6. The molecule has 3 aromatic rings. The molecule has 3 N–H and O–H groups in total. The lowest BCUT2D eigenvalue weighted by molar-refractivity contribution is 0.0601. The van der Waals surface area contributed by atoms with E-state index in [2.05, 4.69) is 53.1 Å². The molecule has 0 saturated heterocycles. The van der Waals surface area contributed by atoms with Crippen LogP contribution in [-0.2, 0) is 4.74 Å². The summed E-state index contributed by atoms with van der Waals surface area (Å²) in [6, 6.07) is 18.2. The molecule has 1 aromatic heterocycles. The van der Waals surface area contributed by atoms with E-state index in [1.54, 1.807) is 18.2 Å². The standard InChI is InChI=1S/C26H31N5O2S/c1-31(2)23-16-24(30-22-10-5-4-9-21(22)23)27-18-11-13-19(14-12-18)28-26(34)29-20-8-6-7-17(15-20)25(32)33-3/h4-10,15-16,18-19H,11-14H2,1-3H3,(H,27,30)(H2,28,29,34)/t18-,19+. The number of nitrogens with one attached hydrogen (secondary N) is 3. The zero-order chi connectivity index (χ0) is 24.1. The molecule has 1 fully saturated rings. The molecular weight excluding hydrogens is 446 g/mol. The van der Waals surface area contributed by atoms with Crippen LogP contribution in [0.25, 0.3) is 10.9 Å².